The van der Waals surface area contributed by atoms with Crippen LogP contribution in [-0.4, -0.2) is 65.8 Å². The Labute approximate surface area is 187 Å². The fourth-order valence-corrected chi connectivity index (χ4v) is 6.64. The van der Waals surface area contributed by atoms with Gasteiger partial charge in [-0.2, -0.15) is 0 Å². The number of aryl methyl sites for hydroxylation is 2. The van der Waals surface area contributed by atoms with Crippen molar-refractivity contribution in [2.75, 3.05) is 50.8 Å². The van der Waals surface area contributed by atoms with Crippen LogP contribution in [-0.2, 0) is 17.6 Å². The van der Waals surface area contributed by atoms with Crippen LogP contribution in [0.25, 0.3) is 21.6 Å². The van der Waals surface area contributed by atoms with Crippen LogP contribution in [0.3, 0.4) is 0 Å². The van der Waals surface area contributed by atoms with E-state index in [0.717, 1.165) is 61.4 Å². The summed E-state index contributed by atoms with van der Waals surface area (Å²) in [5, 5.41) is 1.33. The predicted molar refractivity (Wildman–Crippen MR) is 125 cm³/mol. The summed E-state index contributed by atoms with van der Waals surface area (Å²) in [5.74, 6) is 2.66. The third-order valence-corrected chi connectivity index (χ3v) is 8.09. The summed E-state index contributed by atoms with van der Waals surface area (Å²) in [4.78, 5) is 22.3. The molecule has 2 aliphatic heterocycles. The van der Waals surface area contributed by atoms with E-state index in [1.54, 1.807) is 0 Å². The standard InChI is InChI=1S/C24H29N5OS/c1-6-19-20(7-1)31-24-21(19)23(26-22(27-24)18-5-2-8-25-14-18)29-9-3-4-17(16-29)15-28-10-12-30-13-11-28/h2,5,8,14,17H,1,3-4,6-7,9-13,15-16H2. The van der Waals surface area contributed by atoms with Crippen molar-refractivity contribution >= 4 is 27.4 Å². The van der Waals surface area contributed by atoms with Gasteiger partial charge in [-0.1, -0.05) is 0 Å². The first kappa shape index (κ1) is 19.6. The second-order valence-electron chi connectivity index (χ2n) is 9.02. The molecule has 3 aromatic rings. The zero-order chi connectivity index (χ0) is 20.6. The lowest BCUT2D eigenvalue weighted by Gasteiger charge is -2.37. The fraction of sp³-hybridized carbons (Fsp3) is 0.542. The molecule has 0 saturated carbocycles. The molecule has 0 aromatic carbocycles. The Morgan fingerprint density at radius 2 is 2.03 bits per heavy atom. The Kier molecular flexibility index (Phi) is 5.34. The Morgan fingerprint density at radius 1 is 1.10 bits per heavy atom. The highest BCUT2D eigenvalue weighted by molar-refractivity contribution is 7.19. The number of morpholine rings is 1. The van der Waals surface area contributed by atoms with Crippen molar-refractivity contribution in [2.45, 2.75) is 32.1 Å². The van der Waals surface area contributed by atoms with Gasteiger partial charge < -0.3 is 9.64 Å². The zero-order valence-electron chi connectivity index (χ0n) is 17.9. The Balaban J connectivity index is 1.36. The number of anilines is 1. The highest BCUT2D eigenvalue weighted by Crippen LogP contribution is 2.42. The molecule has 1 aliphatic carbocycles. The molecule has 0 radical (unpaired) electrons. The quantitative estimate of drug-likeness (QED) is 0.622. The van der Waals surface area contributed by atoms with Gasteiger partial charge >= 0.3 is 0 Å². The van der Waals surface area contributed by atoms with Crippen LogP contribution >= 0.6 is 11.3 Å². The Hall–Kier alpha value is -2.09. The molecule has 2 saturated heterocycles. The van der Waals surface area contributed by atoms with Crippen LogP contribution in [0.5, 0.6) is 0 Å². The number of hydrogen-bond donors (Lipinski definition) is 0. The molecule has 3 aromatic heterocycles. The van der Waals surface area contributed by atoms with E-state index in [1.165, 1.54) is 54.5 Å². The van der Waals surface area contributed by atoms with Crippen LogP contribution in [0.4, 0.5) is 5.82 Å². The molecular formula is C24H29N5OS. The van der Waals surface area contributed by atoms with Crippen molar-refractivity contribution in [3.63, 3.8) is 0 Å². The van der Waals surface area contributed by atoms with Crippen molar-refractivity contribution in [3.05, 3.63) is 35.0 Å². The largest absolute Gasteiger partial charge is 0.379 e. The third-order valence-electron chi connectivity index (χ3n) is 6.90. The van der Waals surface area contributed by atoms with E-state index in [0.29, 0.717) is 5.92 Å². The van der Waals surface area contributed by atoms with E-state index < -0.39 is 0 Å². The van der Waals surface area contributed by atoms with Crippen LogP contribution in [0.15, 0.2) is 24.5 Å². The van der Waals surface area contributed by atoms with Gasteiger partial charge in [0.25, 0.3) is 0 Å². The molecule has 1 unspecified atom stereocenters. The molecule has 0 spiro atoms. The van der Waals surface area contributed by atoms with Crippen molar-refractivity contribution in [1.82, 2.24) is 19.9 Å². The number of pyridine rings is 1. The molecule has 0 amide bonds. The number of fused-ring (bicyclic) bond motifs is 3. The van der Waals surface area contributed by atoms with Crippen LogP contribution in [0.1, 0.15) is 29.7 Å². The summed E-state index contributed by atoms with van der Waals surface area (Å²) in [5.41, 5.74) is 2.52. The van der Waals surface area contributed by atoms with Gasteiger partial charge in [0, 0.05) is 55.6 Å². The average Bonchev–Trinajstić information content (AvgIpc) is 3.41. The lowest BCUT2D eigenvalue weighted by molar-refractivity contribution is 0.0296. The number of ether oxygens (including phenoxy) is 1. The van der Waals surface area contributed by atoms with E-state index in [4.69, 9.17) is 14.7 Å². The molecule has 3 aliphatic rings. The first-order valence-electron chi connectivity index (χ1n) is 11.6. The molecule has 31 heavy (non-hydrogen) atoms. The molecule has 6 rings (SSSR count). The van der Waals surface area contributed by atoms with Crippen molar-refractivity contribution in [3.8, 4) is 11.4 Å². The van der Waals surface area contributed by atoms with Crippen molar-refractivity contribution < 1.29 is 4.74 Å². The first-order chi connectivity index (χ1) is 15.3. The number of hydrogen-bond acceptors (Lipinski definition) is 7. The zero-order valence-corrected chi connectivity index (χ0v) is 18.7. The topological polar surface area (TPSA) is 54.4 Å². The molecule has 6 nitrogen and oxygen atoms in total. The van der Waals surface area contributed by atoms with E-state index in [1.807, 2.05) is 29.8 Å². The minimum atomic E-state index is 0.686. The highest BCUT2D eigenvalue weighted by atomic mass is 32.1. The molecular weight excluding hydrogens is 406 g/mol. The van der Waals surface area contributed by atoms with E-state index in [-0.39, 0.29) is 0 Å². The van der Waals surface area contributed by atoms with Gasteiger partial charge in [-0.05, 0) is 55.7 Å². The number of aromatic nitrogens is 3. The van der Waals surface area contributed by atoms with E-state index in [9.17, 15) is 0 Å². The summed E-state index contributed by atoms with van der Waals surface area (Å²) in [6, 6.07) is 4.03. The predicted octanol–water partition coefficient (Wildman–Crippen LogP) is 3.79. The number of piperidine rings is 1. The van der Waals surface area contributed by atoms with Gasteiger partial charge in [-0.3, -0.25) is 9.88 Å². The molecule has 0 bridgehead atoms. The van der Waals surface area contributed by atoms with Gasteiger partial charge in [0.2, 0.25) is 0 Å². The van der Waals surface area contributed by atoms with Crippen molar-refractivity contribution in [2.24, 2.45) is 5.92 Å². The SMILES string of the molecule is c1cncc(-c2nc(N3CCCC(CN4CCOCC4)C3)c3c4c(sc3n2)CCC4)c1. The molecule has 5 heterocycles. The Morgan fingerprint density at radius 3 is 2.90 bits per heavy atom. The minimum Gasteiger partial charge on any atom is -0.379 e. The normalized spacial score (nSPS) is 22.2. The molecule has 2 fully saturated rings. The van der Waals surface area contributed by atoms with Crippen LogP contribution in [0.2, 0.25) is 0 Å². The maximum absolute atomic E-state index is 5.54. The average molecular weight is 436 g/mol. The monoisotopic (exact) mass is 435 g/mol. The van der Waals surface area contributed by atoms with Gasteiger partial charge in [-0.25, -0.2) is 9.97 Å². The Bertz CT molecular complexity index is 1060. The van der Waals surface area contributed by atoms with Gasteiger partial charge in [-0.15, -0.1) is 11.3 Å². The molecule has 0 N–H and O–H groups in total. The van der Waals surface area contributed by atoms with Gasteiger partial charge in [0.1, 0.15) is 10.6 Å². The van der Waals surface area contributed by atoms with E-state index >= 15 is 0 Å². The second-order valence-corrected chi connectivity index (χ2v) is 10.1. The lowest BCUT2D eigenvalue weighted by Crippen LogP contribution is -2.44. The van der Waals surface area contributed by atoms with Gasteiger partial charge in [0.15, 0.2) is 5.82 Å². The number of rotatable bonds is 4. The summed E-state index contributed by atoms with van der Waals surface area (Å²) < 4.78 is 5.54. The van der Waals surface area contributed by atoms with Gasteiger partial charge in [0.05, 0.1) is 18.6 Å². The maximum Gasteiger partial charge on any atom is 0.164 e. The number of nitrogens with zero attached hydrogens (tertiary/aromatic N) is 5. The smallest absolute Gasteiger partial charge is 0.164 e. The summed E-state index contributed by atoms with van der Waals surface area (Å²) in [6.45, 7) is 7.22. The molecule has 1 atom stereocenters. The molecule has 162 valence electrons. The summed E-state index contributed by atoms with van der Waals surface area (Å²) in [7, 11) is 0. The summed E-state index contributed by atoms with van der Waals surface area (Å²) in [6.07, 6.45) is 9.85. The molecule has 7 heteroatoms. The lowest BCUT2D eigenvalue weighted by atomic mass is 9.96. The third kappa shape index (κ3) is 3.83. The maximum atomic E-state index is 5.54. The first-order valence-corrected chi connectivity index (χ1v) is 12.4. The number of thiophene rings is 1. The summed E-state index contributed by atoms with van der Waals surface area (Å²) >= 11 is 1.88. The highest BCUT2D eigenvalue weighted by Gasteiger charge is 2.29. The fourth-order valence-electron chi connectivity index (χ4n) is 5.38. The van der Waals surface area contributed by atoms with Crippen molar-refractivity contribution in [1.29, 1.82) is 0 Å². The second kappa shape index (κ2) is 8.45. The van der Waals surface area contributed by atoms with Crippen LogP contribution < -0.4 is 4.90 Å². The minimum absolute atomic E-state index is 0.686. The van der Waals surface area contributed by atoms with Crippen LogP contribution in [0, 0.1) is 5.92 Å². The van der Waals surface area contributed by atoms with E-state index in [2.05, 4.69) is 20.9 Å².